The first-order valence-electron chi connectivity index (χ1n) is 9.67. The van der Waals surface area contributed by atoms with E-state index in [1.54, 1.807) is 0 Å². The number of Topliss-reactive ketones (excluding diaryl/α,β-unsaturated/α-hetero) is 1. The summed E-state index contributed by atoms with van der Waals surface area (Å²) in [5.74, 6) is -1.52. The van der Waals surface area contributed by atoms with Crippen molar-refractivity contribution in [2.24, 2.45) is 0 Å². The second-order valence-corrected chi connectivity index (χ2v) is 8.08. The quantitative estimate of drug-likeness (QED) is 0.222. The van der Waals surface area contributed by atoms with Crippen LogP contribution in [0.4, 0.5) is 0 Å². The number of ether oxygens (including phenoxy) is 1. The fourth-order valence-electron chi connectivity index (χ4n) is 4.74. The van der Waals surface area contributed by atoms with Crippen molar-refractivity contribution in [2.45, 2.75) is 43.3 Å². The topological polar surface area (TPSA) is 182 Å². The zero-order valence-corrected chi connectivity index (χ0v) is 16.9. The highest BCUT2D eigenvalue weighted by Gasteiger charge is 2.76. The minimum absolute atomic E-state index is 0.142. The summed E-state index contributed by atoms with van der Waals surface area (Å²) >= 11 is 0. The molecule has 0 aromatic heterocycles. The van der Waals surface area contributed by atoms with E-state index in [-0.39, 0.29) is 23.9 Å². The minimum atomic E-state index is -1.95. The molecule has 3 aliphatic heterocycles. The van der Waals surface area contributed by atoms with Gasteiger partial charge >= 0.3 is 5.97 Å². The fraction of sp³-hybridized carbons (Fsp3) is 0.474. The summed E-state index contributed by atoms with van der Waals surface area (Å²) in [7, 11) is 0. The van der Waals surface area contributed by atoms with Gasteiger partial charge in [0.05, 0.1) is 30.8 Å². The molecule has 0 aliphatic carbocycles. The zero-order chi connectivity index (χ0) is 22.7. The maximum Gasteiger partial charge on any atom is 0.338 e. The number of aliphatic hydroxyl groups excluding tert-OH is 1. The Kier molecular flexibility index (Phi) is 4.68. The third-order valence-corrected chi connectivity index (χ3v) is 6.36. The van der Waals surface area contributed by atoms with Crippen LogP contribution in [0.2, 0.25) is 0 Å². The van der Waals surface area contributed by atoms with Crippen LogP contribution in [0.3, 0.4) is 0 Å². The number of aliphatic hydroxyl groups is 2. The first kappa shape index (κ1) is 21.0. The fourth-order valence-corrected chi connectivity index (χ4v) is 4.74. The van der Waals surface area contributed by atoms with E-state index in [1.807, 2.05) is 0 Å². The van der Waals surface area contributed by atoms with Crippen molar-refractivity contribution in [3.8, 4) is 0 Å². The number of hydroxylamine groups is 2. The lowest BCUT2D eigenvalue weighted by molar-refractivity contribution is -0.228. The Hall–Kier alpha value is -3.22. The number of nitrogens with zero attached hydrogens (tertiary/aromatic N) is 2. The summed E-state index contributed by atoms with van der Waals surface area (Å²) in [6, 6.07) is 4.18. The normalized spacial score (nSPS) is 34.0. The Morgan fingerprint density at radius 2 is 1.81 bits per heavy atom. The van der Waals surface area contributed by atoms with Crippen molar-refractivity contribution in [1.82, 2.24) is 20.6 Å². The van der Waals surface area contributed by atoms with Crippen LogP contribution in [0, 0.1) is 10.8 Å². The molecule has 12 heteroatoms. The Labute approximate surface area is 177 Å². The van der Waals surface area contributed by atoms with Crippen molar-refractivity contribution < 1.29 is 29.7 Å². The third-order valence-electron chi connectivity index (χ3n) is 6.36. The highest BCUT2D eigenvalue weighted by molar-refractivity contribution is 5.96. The SMILES string of the molecule is CC(=O)c1ccc(C(=O)O[C@H]2CN3C(=N)N[C@@H](CO)[C@@H]4NC(=N)N(O)[C@@]43[C@@]2(C)O)cc1. The molecule has 1 aromatic carbocycles. The second kappa shape index (κ2) is 6.90. The van der Waals surface area contributed by atoms with Crippen LogP contribution >= 0.6 is 0 Å². The van der Waals surface area contributed by atoms with Crippen molar-refractivity contribution in [3.63, 3.8) is 0 Å². The molecule has 4 rings (SSSR count). The van der Waals surface area contributed by atoms with Gasteiger partial charge in [0.15, 0.2) is 23.5 Å². The molecule has 166 valence electrons. The standard InChI is InChI=1S/C19H24N6O6/c1-9(27)10-3-5-11(6-4-10)15(28)31-13-7-24-16(20)22-12(8-26)14-19(24,18(13,2)29)25(30)17(21)23-14/h3-6,12-14,26,29-30H,7-8H2,1-2H3,(H2,20,22)(H2,21,23)/t12-,13-,14-,18-,19+/m0/s1. The van der Waals surface area contributed by atoms with Gasteiger partial charge in [0.2, 0.25) is 5.96 Å². The van der Waals surface area contributed by atoms with Gasteiger partial charge in [-0.15, -0.1) is 0 Å². The summed E-state index contributed by atoms with van der Waals surface area (Å²) in [5.41, 5.74) is -3.11. The molecule has 0 amide bonds. The first-order valence-corrected chi connectivity index (χ1v) is 9.67. The molecule has 7 N–H and O–H groups in total. The van der Waals surface area contributed by atoms with E-state index in [0.717, 1.165) is 0 Å². The molecule has 0 unspecified atom stereocenters. The molecule has 3 aliphatic rings. The van der Waals surface area contributed by atoms with Gasteiger partial charge in [-0.3, -0.25) is 20.8 Å². The molecular weight excluding hydrogens is 408 g/mol. The Morgan fingerprint density at radius 3 is 2.39 bits per heavy atom. The highest BCUT2D eigenvalue weighted by atomic mass is 16.6. The number of carbonyl (C=O) groups excluding carboxylic acids is 2. The number of hydrogen-bond acceptors (Lipinski definition) is 8. The molecule has 0 saturated carbocycles. The van der Waals surface area contributed by atoms with Crippen molar-refractivity contribution in [2.75, 3.05) is 13.2 Å². The number of carbonyl (C=O) groups is 2. The van der Waals surface area contributed by atoms with Crippen molar-refractivity contribution in [1.29, 1.82) is 10.8 Å². The Balaban J connectivity index is 1.67. The van der Waals surface area contributed by atoms with E-state index >= 15 is 0 Å². The highest BCUT2D eigenvalue weighted by Crippen LogP contribution is 2.49. The van der Waals surface area contributed by atoms with E-state index in [0.29, 0.717) is 10.6 Å². The second-order valence-electron chi connectivity index (χ2n) is 8.08. The van der Waals surface area contributed by atoms with Gasteiger partial charge < -0.3 is 30.5 Å². The Morgan fingerprint density at radius 1 is 1.19 bits per heavy atom. The predicted molar refractivity (Wildman–Crippen MR) is 106 cm³/mol. The van der Waals surface area contributed by atoms with Crippen LogP contribution in [0.1, 0.15) is 34.6 Å². The summed E-state index contributed by atoms with van der Waals surface area (Å²) in [5, 5.41) is 54.4. The number of benzene rings is 1. The van der Waals surface area contributed by atoms with Gasteiger partial charge in [0.1, 0.15) is 5.60 Å². The summed E-state index contributed by atoms with van der Waals surface area (Å²) in [6.07, 6.45) is -1.18. The summed E-state index contributed by atoms with van der Waals surface area (Å²) in [4.78, 5) is 25.5. The number of rotatable bonds is 4. The number of hydrogen-bond donors (Lipinski definition) is 7. The Bertz CT molecular complexity index is 965. The smallest absolute Gasteiger partial charge is 0.338 e. The van der Waals surface area contributed by atoms with Crippen molar-refractivity contribution in [3.05, 3.63) is 35.4 Å². The molecule has 5 atom stereocenters. The number of ketones is 1. The molecule has 12 nitrogen and oxygen atoms in total. The van der Waals surface area contributed by atoms with E-state index in [1.165, 1.54) is 43.0 Å². The molecule has 1 spiro atoms. The predicted octanol–water partition coefficient (Wildman–Crippen LogP) is -1.33. The lowest BCUT2D eigenvalue weighted by atomic mass is 9.79. The maximum absolute atomic E-state index is 12.7. The number of guanidine groups is 2. The van der Waals surface area contributed by atoms with Crippen LogP contribution in [0.5, 0.6) is 0 Å². The average molecular weight is 432 g/mol. The first-order chi connectivity index (χ1) is 14.5. The molecule has 3 saturated heterocycles. The van der Waals surface area contributed by atoms with E-state index < -0.39 is 48.0 Å². The van der Waals surface area contributed by atoms with E-state index in [4.69, 9.17) is 15.6 Å². The lowest BCUT2D eigenvalue weighted by Gasteiger charge is -2.53. The summed E-state index contributed by atoms with van der Waals surface area (Å²) < 4.78 is 5.57. The van der Waals surface area contributed by atoms with E-state index in [2.05, 4.69) is 10.6 Å². The molecule has 3 fully saturated rings. The molecule has 0 radical (unpaired) electrons. The van der Waals surface area contributed by atoms with Gasteiger partial charge in [-0.2, -0.15) is 5.06 Å². The lowest BCUT2D eigenvalue weighted by Crippen LogP contribution is -2.80. The third kappa shape index (κ3) is 2.72. The van der Waals surface area contributed by atoms with Crippen LogP contribution < -0.4 is 10.6 Å². The van der Waals surface area contributed by atoms with Crippen LogP contribution in [-0.4, -0.2) is 91.7 Å². The number of esters is 1. The zero-order valence-electron chi connectivity index (χ0n) is 16.9. The van der Waals surface area contributed by atoms with Crippen molar-refractivity contribution >= 4 is 23.7 Å². The van der Waals surface area contributed by atoms with E-state index in [9.17, 15) is 25.0 Å². The monoisotopic (exact) mass is 432 g/mol. The van der Waals surface area contributed by atoms with Crippen LogP contribution in [0.15, 0.2) is 24.3 Å². The molecule has 1 aromatic rings. The average Bonchev–Trinajstić information content (AvgIpc) is 3.14. The molecular formula is C19H24N6O6. The van der Waals surface area contributed by atoms with Crippen LogP contribution in [-0.2, 0) is 4.74 Å². The van der Waals surface area contributed by atoms with Crippen LogP contribution in [0.25, 0.3) is 0 Å². The van der Waals surface area contributed by atoms with Gasteiger partial charge in [-0.05, 0) is 26.0 Å². The van der Waals surface area contributed by atoms with Gasteiger partial charge in [-0.1, -0.05) is 12.1 Å². The molecule has 3 heterocycles. The van der Waals surface area contributed by atoms with Gasteiger partial charge in [0, 0.05) is 5.56 Å². The maximum atomic E-state index is 12.7. The summed E-state index contributed by atoms with van der Waals surface area (Å²) in [6.45, 7) is 2.19. The van der Waals surface area contributed by atoms with Gasteiger partial charge in [0.25, 0.3) is 0 Å². The molecule has 0 bridgehead atoms. The van der Waals surface area contributed by atoms with Gasteiger partial charge in [-0.25, -0.2) is 4.79 Å². The molecule has 31 heavy (non-hydrogen) atoms. The largest absolute Gasteiger partial charge is 0.454 e. The minimum Gasteiger partial charge on any atom is -0.454 e. The number of nitrogens with one attached hydrogen (secondary N) is 4.